The van der Waals surface area contributed by atoms with Crippen molar-refractivity contribution in [3.8, 4) is 0 Å². The van der Waals surface area contributed by atoms with Crippen LogP contribution < -0.4 is 0 Å². The van der Waals surface area contributed by atoms with Gasteiger partial charge in [-0.25, -0.2) is 4.98 Å². The molecule has 2 aromatic rings. The molecule has 1 aromatic carbocycles. The van der Waals surface area contributed by atoms with Gasteiger partial charge in [-0.1, -0.05) is 23.4 Å². The predicted molar refractivity (Wildman–Crippen MR) is 88.5 cm³/mol. The summed E-state index contributed by atoms with van der Waals surface area (Å²) in [5.74, 6) is 2.18. The first-order valence-electron chi connectivity index (χ1n) is 6.71. The third-order valence-corrected chi connectivity index (χ3v) is 5.89. The van der Waals surface area contributed by atoms with Crippen LogP contribution in [0.4, 0.5) is 0 Å². The first kappa shape index (κ1) is 15.1. The maximum Gasteiger partial charge on any atom is 0.313 e. The molecule has 3 rings (SSSR count). The van der Waals surface area contributed by atoms with Crippen LogP contribution in [0.3, 0.4) is 0 Å². The number of carboxylic acids is 1. The molecule has 0 aliphatic carbocycles. The van der Waals surface area contributed by atoms with Crippen molar-refractivity contribution >= 4 is 52.1 Å². The molecule has 1 N–H and O–H groups in total. The van der Waals surface area contributed by atoms with Gasteiger partial charge in [0.2, 0.25) is 0 Å². The van der Waals surface area contributed by atoms with E-state index < -0.39 is 5.97 Å². The molecule has 112 valence electrons. The molecule has 1 unspecified atom stereocenters. The zero-order valence-electron chi connectivity index (χ0n) is 11.3. The third-order valence-electron chi connectivity index (χ3n) is 3.46. The molecular weight excluding hydrogens is 328 g/mol. The van der Waals surface area contributed by atoms with Crippen LogP contribution in [0, 0.1) is 5.92 Å². The summed E-state index contributed by atoms with van der Waals surface area (Å²) in [6, 6.07) is 5.62. The second-order valence-corrected chi connectivity index (χ2v) is 7.58. The summed E-state index contributed by atoms with van der Waals surface area (Å²) < 4.78 is 2.13. The maximum absolute atomic E-state index is 10.8. The Morgan fingerprint density at radius 2 is 2.43 bits per heavy atom. The van der Waals surface area contributed by atoms with Crippen LogP contribution in [0.2, 0.25) is 5.02 Å². The van der Waals surface area contributed by atoms with Crippen molar-refractivity contribution in [3.05, 3.63) is 23.2 Å². The quantitative estimate of drug-likeness (QED) is 0.841. The fourth-order valence-electron chi connectivity index (χ4n) is 2.47. The lowest BCUT2D eigenvalue weighted by Gasteiger charge is -2.13. The smallest absolute Gasteiger partial charge is 0.313 e. The zero-order valence-corrected chi connectivity index (χ0v) is 13.7. The first-order valence-corrected chi connectivity index (χ1v) is 9.23. The number of carboxylic acid groups (broad SMARTS) is 1. The highest BCUT2D eigenvalue weighted by Gasteiger charge is 2.20. The van der Waals surface area contributed by atoms with Crippen LogP contribution in [0.15, 0.2) is 23.4 Å². The van der Waals surface area contributed by atoms with Crippen molar-refractivity contribution in [3.63, 3.8) is 0 Å². The van der Waals surface area contributed by atoms with Gasteiger partial charge in [0, 0.05) is 11.6 Å². The van der Waals surface area contributed by atoms with Crippen molar-refractivity contribution in [2.45, 2.75) is 18.1 Å². The van der Waals surface area contributed by atoms with Gasteiger partial charge in [-0.15, -0.1) is 0 Å². The number of aliphatic carboxylic acids is 1. The molecule has 0 radical (unpaired) electrons. The fourth-order valence-corrected chi connectivity index (χ4v) is 4.65. The molecule has 0 spiro atoms. The number of imidazole rings is 1. The molecule has 1 aliphatic rings. The van der Waals surface area contributed by atoms with Crippen LogP contribution >= 0.6 is 35.1 Å². The molecule has 0 amide bonds. The van der Waals surface area contributed by atoms with Crippen LogP contribution in [-0.2, 0) is 11.3 Å². The van der Waals surface area contributed by atoms with Gasteiger partial charge < -0.3 is 9.67 Å². The minimum Gasteiger partial charge on any atom is -0.481 e. The molecule has 2 heterocycles. The van der Waals surface area contributed by atoms with Crippen molar-refractivity contribution < 1.29 is 9.90 Å². The van der Waals surface area contributed by atoms with E-state index in [9.17, 15) is 4.79 Å². The molecule has 1 aliphatic heterocycles. The summed E-state index contributed by atoms with van der Waals surface area (Å²) in [5, 5.41) is 10.3. The predicted octanol–water partition coefficient (Wildman–Crippen LogP) is 3.62. The van der Waals surface area contributed by atoms with E-state index in [0.29, 0.717) is 10.9 Å². The highest BCUT2D eigenvalue weighted by Crippen LogP contribution is 2.31. The minimum absolute atomic E-state index is 0.0243. The number of hydrogen-bond donors (Lipinski definition) is 1. The number of fused-ring (bicyclic) bond motifs is 1. The molecule has 1 saturated heterocycles. The largest absolute Gasteiger partial charge is 0.481 e. The fraction of sp³-hybridized carbons (Fsp3) is 0.429. The molecule has 1 atom stereocenters. The average Bonchev–Trinajstić information content (AvgIpc) is 3.06. The lowest BCUT2D eigenvalue weighted by Crippen LogP contribution is -2.11. The molecule has 21 heavy (non-hydrogen) atoms. The van der Waals surface area contributed by atoms with Crippen LogP contribution in [-0.4, -0.2) is 37.9 Å². The number of rotatable bonds is 5. The van der Waals surface area contributed by atoms with Crippen LogP contribution in [0.5, 0.6) is 0 Å². The molecule has 7 heteroatoms. The highest BCUT2D eigenvalue weighted by molar-refractivity contribution is 7.99. The average molecular weight is 343 g/mol. The Morgan fingerprint density at radius 3 is 3.14 bits per heavy atom. The number of hydrogen-bond acceptors (Lipinski definition) is 4. The monoisotopic (exact) mass is 342 g/mol. The van der Waals surface area contributed by atoms with Crippen molar-refractivity contribution in [2.24, 2.45) is 5.92 Å². The standard InChI is InChI=1S/C14H15ClN2O2S2/c15-10-1-2-11-12(5-10)17(6-9-3-4-20-7-9)14(16-11)21-8-13(18)19/h1-2,5,9H,3-4,6-8H2,(H,18,19). The number of benzene rings is 1. The Balaban J connectivity index is 1.96. The van der Waals surface area contributed by atoms with Crippen LogP contribution in [0.25, 0.3) is 11.0 Å². The summed E-state index contributed by atoms with van der Waals surface area (Å²) in [6.45, 7) is 0.881. The Labute approximate surface area is 136 Å². The van der Waals surface area contributed by atoms with Gasteiger partial charge in [-0.3, -0.25) is 4.79 Å². The van der Waals surface area contributed by atoms with Gasteiger partial charge in [-0.05, 0) is 42.0 Å². The van der Waals surface area contributed by atoms with E-state index in [4.69, 9.17) is 16.7 Å². The minimum atomic E-state index is -0.826. The van der Waals surface area contributed by atoms with Gasteiger partial charge in [0.05, 0.1) is 16.8 Å². The van der Waals surface area contributed by atoms with Gasteiger partial charge in [-0.2, -0.15) is 11.8 Å². The van der Waals surface area contributed by atoms with Gasteiger partial charge in [0.1, 0.15) is 0 Å². The number of carbonyl (C=O) groups is 1. The Kier molecular flexibility index (Phi) is 4.66. The van der Waals surface area contributed by atoms with E-state index >= 15 is 0 Å². The zero-order chi connectivity index (χ0) is 14.8. The van der Waals surface area contributed by atoms with Gasteiger partial charge in [0.15, 0.2) is 5.16 Å². The number of nitrogens with zero attached hydrogens (tertiary/aromatic N) is 2. The number of aromatic nitrogens is 2. The topological polar surface area (TPSA) is 55.1 Å². The van der Waals surface area contributed by atoms with Gasteiger partial charge in [0.25, 0.3) is 0 Å². The molecule has 0 saturated carbocycles. The molecule has 1 aromatic heterocycles. The molecular formula is C14H15ClN2O2S2. The Morgan fingerprint density at radius 1 is 1.57 bits per heavy atom. The van der Waals surface area contributed by atoms with Crippen LogP contribution in [0.1, 0.15) is 6.42 Å². The normalized spacial score (nSPS) is 18.4. The lowest BCUT2D eigenvalue weighted by atomic mass is 10.1. The Bertz CT molecular complexity index is 668. The summed E-state index contributed by atoms with van der Waals surface area (Å²) in [7, 11) is 0. The lowest BCUT2D eigenvalue weighted by molar-refractivity contribution is -0.133. The van der Waals surface area contributed by atoms with E-state index in [1.807, 2.05) is 30.0 Å². The molecule has 4 nitrogen and oxygen atoms in total. The van der Waals surface area contributed by atoms with Gasteiger partial charge >= 0.3 is 5.97 Å². The third kappa shape index (κ3) is 3.49. The van der Waals surface area contributed by atoms with E-state index in [0.717, 1.165) is 28.5 Å². The van der Waals surface area contributed by atoms with Crippen molar-refractivity contribution in [1.29, 1.82) is 0 Å². The SMILES string of the molecule is O=C(O)CSc1nc2ccc(Cl)cc2n1CC1CCSC1. The number of thioether (sulfide) groups is 2. The van der Waals surface area contributed by atoms with Crippen molar-refractivity contribution in [2.75, 3.05) is 17.3 Å². The summed E-state index contributed by atoms with van der Waals surface area (Å²) in [4.78, 5) is 15.4. The number of halogens is 1. The maximum atomic E-state index is 10.8. The molecule has 0 bridgehead atoms. The second kappa shape index (κ2) is 6.50. The summed E-state index contributed by atoms with van der Waals surface area (Å²) in [5.41, 5.74) is 1.87. The van der Waals surface area contributed by atoms with E-state index in [1.165, 1.54) is 23.9 Å². The highest BCUT2D eigenvalue weighted by atomic mass is 35.5. The Hall–Kier alpha value is -0.850. The van der Waals surface area contributed by atoms with E-state index in [1.54, 1.807) is 0 Å². The van der Waals surface area contributed by atoms with E-state index in [-0.39, 0.29) is 5.75 Å². The summed E-state index contributed by atoms with van der Waals surface area (Å²) >= 11 is 9.35. The summed E-state index contributed by atoms with van der Waals surface area (Å²) in [6.07, 6.45) is 1.20. The first-order chi connectivity index (χ1) is 10.1. The second-order valence-electron chi connectivity index (χ2n) is 5.05. The molecule has 1 fully saturated rings. The van der Waals surface area contributed by atoms with Crippen molar-refractivity contribution in [1.82, 2.24) is 9.55 Å². The van der Waals surface area contributed by atoms with E-state index in [2.05, 4.69) is 9.55 Å².